The van der Waals surface area contributed by atoms with Gasteiger partial charge in [-0.2, -0.15) is 0 Å². The van der Waals surface area contributed by atoms with Crippen LogP contribution in [0.3, 0.4) is 0 Å². The van der Waals surface area contributed by atoms with Gasteiger partial charge in [-0.25, -0.2) is 9.98 Å². The van der Waals surface area contributed by atoms with E-state index in [1.807, 2.05) is 6.20 Å². The maximum atomic E-state index is 5.66. The second-order valence-electron chi connectivity index (χ2n) is 14.4. The standard InChI is InChI=1S/C52H37N3/c1-34-23-30-47(41-28-24-35-13-8-9-19-40(35)31-41)54-52(43-32-42-29-27-39-26-25-38-18-10-11-20-44(38)48(39)51(42)53-33-43)55-50(34)49-45(36-14-4-2-5-15-36)21-12-22-46(49)37-16-6-3-7-17-37/h2-22,24-29,31-33H,23,30H2,1H3/b50-34+,54-47+,55-52-. The maximum absolute atomic E-state index is 5.66. The monoisotopic (exact) mass is 703 g/mol. The fraction of sp³-hybridized carbons (Fsp3) is 0.0577. The summed E-state index contributed by atoms with van der Waals surface area (Å²) >= 11 is 0. The molecular weight excluding hydrogens is 667 g/mol. The van der Waals surface area contributed by atoms with Gasteiger partial charge in [0.15, 0.2) is 5.84 Å². The minimum Gasteiger partial charge on any atom is -0.255 e. The van der Waals surface area contributed by atoms with Crippen molar-refractivity contribution in [2.24, 2.45) is 9.98 Å². The SMILES string of the molecule is C\C1=C(c2c(-c3ccccc3)cccc2-c2ccccc2)/N=C(c2cnc3c(ccc4ccc5ccccc5c43)c2)\N=C(\c2ccc3ccccc3c2)CC1. The molecule has 0 atom stereocenters. The number of allylic oxidation sites excluding steroid dienone is 1. The lowest BCUT2D eigenvalue weighted by molar-refractivity contribution is 1.00. The summed E-state index contributed by atoms with van der Waals surface area (Å²) in [4.78, 5) is 16.4. The normalized spacial score (nSPS) is 16.7. The lowest BCUT2D eigenvalue weighted by Crippen LogP contribution is -2.11. The van der Waals surface area contributed by atoms with Crippen LogP contribution >= 0.6 is 0 Å². The third-order valence-electron chi connectivity index (χ3n) is 11.0. The Hall–Kier alpha value is -6.97. The molecule has 3 nitrogen and oxygen atoms in total. The van der Waals surface area contributed by atoms with E-state index in [2.05, 4.69) is 183 Å². The molecule has 1 aliphatic heterocycles. The van der Waals surface area contributed by atoms with Crippen LogP contribution in [0.1, 0.15) is 36.5 Å². The number of hydrogen-bond donors (Lipinski definition) is 0. The highest BCUT2D eigenvalue weighted by molar-refractivity contribution is 6.20. The number of rotatable bonds is 5. The van der Waals surface area contributed by atoms with Crippen LogP contribution < -0.4 is 0 Å². The van der Waals surface area contributed by atoms with Crippen molar-refractivity contribution in [2.45, 2.75) is 19.8 Å². The minimum atomic E-state index is 0.659. The van der Waals surface area contributed by atoms with E-state index in [1.165, 1.54) is 37.9 Å². The Balaban J connectivity index is 1.23. The molecule has 0 N–H and O–H groups in total. The fourth-order valence-electron chi connectivity index (χ4n) is 8.15. The highest BCUT2D eigenvalue weighted by Gasteiger charge is 2.22. The first-order valence-electron chi connectivity index (χ1n) is 19.0. The van der Waals surface area contributed by atoms with Crippen molar-refractivity contribution in [1.82, 2.24) is 4.98 Å². The van der Waals surface area contributed by atoms with Crippen molar-refractivity contribution >= 4 is 60.5 Å². The van der Waals surface area contributed by atoms with Crippen LogP contribution in [0.5, 0.6) is 0 Å². The van der Waals surface area contributed by atoms with E-state index in [0.29, 0.717) is 5.84 Å². The van der Waals surface area contributed by atoms with Crippen molar-refractivity contribution in [1.29, 1.82) is 0 Å². The second-order valence-corrected chi connectivity index (χ2v) is 14.4. The Morgan fingerprint density at radius 2 is 1.04 bits per heavy atom. The van der Waals surface area contributed by atoms with Gasteiger partial charge in [-0.05, 0) is 92.2 Å². The molecule has 1 aromatic heterocycles. The Labute approximate surface area is 320 Å². The average molecular weight is 704 g/mol. The van der Waals surface area contributed by atoms with Crippen LogP contribution in [0.25, 0.3) is 71.2 Å². The molecule has 55 heavy (non-hydrogen) atoms. The van der Waals surface area contributed by atoms with Gasteiger partial charge in [-0.3, -0.25) is 4.98 Å². The van der Waals surface area contributed by atoms with Gasteiger partial charge in [0.2, 0.25) is 0 Å². The molecule has 2 heterocycles. The first-order chi connectivity index (χ1) is 27.2. The van der Waals surface area contributed by atoms with E-state index in [1.54, 1.807) is 0 Å². The number of hydrogen-bond acceptors (Lipinski definition) is 3. The maximum Gasteiger partial charge on any atom is 0.161 e. The van der Waals surface area contributed by atoms with Crippen LogP contribution in [-0.2, 0) is 0 Å². The molecule has 0 amide bonds. The van der Waals surface area contributed by atoms with Crippen LogP contribution in [-0.4, -0.2) is 16.5 Å². The number of fused-ring (bicyclic) bond motifs is 6. The van der Waals surface area contributed by atoms with Gasteiger partial charge in [0.1, 0.15) is 0 Å². The average Bonchev–Trinajstić information content (AvgIpc) is 3.25. The molecule has 3 heteroatoms. The number of aliphatic imine (C=N–C) groups is 2. The molecular formula is C52H37N3. The quantitative estimate of drug-likeness (QED) is 0.164. The van der Waals surface area contributed by atoms with Crippen LogP contribution in [0, 0.1) is 0 Å². The van der Waals surface area contributed by atoms with E-state index in [4.69, 9.17) is 15.0 Å². The zero-order valence-corrected chi connectivity index (χ0v) is 30.6. The van der Waals surface area contributed by atoms with E-state index < -0.39 is 0 Å². The Kier molecular flexibility index (Phi) is 8.18. The smallest absolute Gasteiger partial charge is 0.161 e. The molecule has 9 aromatic rings. The number of nitrogens with zero attached hydrogens (tertiary/aromatic N) is 3. The van der Waals surface area contributed by atoms with Gasteiger partial charge >= 0.3 is 0 Å². The third kappa shape index (κ3) is 6.00. The van der Waals surface area contributed by atoms with Crippen molar-refractivity contribution in [3.63, 3.8) is 0 Å². The van der Waals surface area contributed by atoms with Gasteiger partial charge in [0.25, 0.3) is 0 Å². The first-order valence-corrected chi connectivity index (χ1v) is 19.0. The van der Waals surface area contributed by atoms with Crippen LogP contribution in [0.2, 0.25) is 0 Å². The zero-order valence-electron chi connectivity index (χ0n) is 30.6. The molecule has 0 spiro atoms. The lowest BCUT2D eigenvalue weighted by atomic mass is 9.87. The topological polar surface area (TPSA) is 37.6 Å². The molecule has 0 bridgehead atoms. The van der Waals surface area contributed by atoms with Gasteiger partial charge in [0.05, 0.1) is 16.9 Å². The second kappa shape index (κ2) is 13.8. The highest BCUT2D eigenvalue weighted by atomic mass is 14.9. The molecule has 0 aliphatic carbocycles. The number of aromatic nitrogens is 1. The predicted molar refractivity (Wildman–Crippen MR) is 233 cm³/mol. The summed E-state index contributed by atoms with van der Waals surface area (Å²) in [5.74, 6) is 0.659. The number of amidine groups is 1. The van der Waals surface area contributed by atoms with Crippen molar-refractivity contribution in [3.05, 3.63) is 204 Å². The molecule has 0 saturated heterocycles. The molecule has 1 aliphatic rings. The summed E-state index contributed by atoms with van der Waals surface area (Å²) in [5.41, 5.74) is 11.9. The summed E-state index contributed by atoms with van der Waals surface area (Å²) in [6, 6.07) is 62.7. The zero-order chi connectivity index (χ0) is 36.7. The Morgan fingerprint density at radius 1 is 0.436 bits per heavy atom. The summed E-state index contributed by atoms with van der Waals surface area (Å²) in [7, 11) is 0. The summed E-state index contributed by atoms with van der Waals surface area (Å²) in [6.45, 7) is 2.24. The van der Waals surface area contributed by atoms with Gasteiger partial charge in [-0.15, -0.1) is 0 Å². The fourth-order valence-corrected chi connectivity index (χ4v) is 8.15. The predicted octanol–water partition coefficient (Wildman–Crippen LogP) is 13.5. The minimum absolute atomic E-state index is 0.659. The Morgan fingerprint density at radius 3 is 1.78 bits per heavy atom. The number of benzene rings is 8. The summed E-state index contributed by atoms with van der Waals surface area (Å²) in [5, 5.41) is 8.24. The van der Waals surface area contributed by atoms with E-state index >= 15 is 0 Å². The van der Waals surface area contributed by atoms with Gasteiger partial charge < -0.3 is 0 Å². The van der Waals surface area contributed by atoms with E-state index in [-0.39, 0.29) is 0 Å². The highest BCUT2D eigenvalue weighted by Crippen LogP contribution is 2.41. The lowest BCUT2D eigenvalue weighted by Gasteiger charge is -2.21. The van der Waals surface area contributed by atoms with Crippen LogP contribution in [0.4, 0.5) is 0 Å². The molecule has 0 unspecified atom stereocenters. The number of pyridine rings is 1. The molecule has 260 valence electrons. The molecule has 0 radical (unpaired) electrons. The molecule has 10 rings (SSSR count). The molecule has 0 saturated carbocycles. The van der Waals surface area contributed by atoms with Gasteiger partial charge in [-0.1, -0.05) is 164 Å². The van der Waals surface area contributed by atoms with Crippen LogP contribution in [0.15, 0.2) is 198 Å². The van der Waals surface area contributed by atoms with Crippen molar-refractivity contribution in [3.8, 4) is 22.3 Å². The summed E-state index contributed by atoms with van der Waals surface area (Å²) in [6.07, 6.45) is 3.57. The summed E-state index contributed by atoms with van der Waals surface area (Å²) < 4.78 is 0. The molecule has 0 fully saturated rings. The third-order valence-corrected chi connectivity index (χ3v) is 11.0. The molecule has 8 aromatic carbocycles. The van der Waals surface area contributed by atoms with Crippen molar-refractivity contribution in [2.75, 3.05) is 0 Å². The largest absolute Gasteiger partial charge is 0.255 e. The van der Waals surface area contributed by atoms with E-state index in [0.717, 1.165) is 74.1 Å². The Bertz CT molecular complexity index is 2970. The first kappa shape index (κ1) is 32.7. The van der Waals surface area contributed by atoms with Gasteiger partial charge in [0, 0.05) is 28.1 Å². The van der Waals surface area contributed by atoms with Crippen molar-refractivity contribution < 1.29 is 0 Å². The van der Waals surface area contributed by atoms with E-state index in [9.17, 15) is 0 Å².